The molecule has 3 aromatic carbocycles. The van der Waals surface area contributed by atoms with E-state index >= 15 is 0 Å². The second kappa shape index (κ2) is 5.71. The Kier molecular flexibility index (Phi) is 3.22. The van der Waals surface area contributed by atoms with Crippen molar-refractivity contribution in [1.29, 1.82) is 0 Å². The number of furan rings is 1. The van der Waals surface area contributed by atoms with Crippen LogP contribution in [0.15, 0.2) is 89.5 Å². The number of aromatic nitrogens is 1. The summed E-state index contributed by atoms with van der Waals surface area (Å²) < 4.78 is 5.94. The highest BCUT2D eigenvalue weighted by molar-refractivity contribution is 6.05. The third-order valence-corrected chi connectivity index (χ3v) is 6.12. The largest absolute Gasteiger partial charge is 0.438 e. The molecule has 3 heterocycles. The molecule has 0 fully saturated rings. The van der Waals surface area contributed by atoms with Gasteiger partial charge in [-0.15, -0.1) is 0 Å². The van der Waals surface area contributed by atoms with Crippen LogP contribution in [0.1, 0.15) is 25.0 Å². The molecule has 0 saturated heterocycles. The van der Waals surface area contributed by atoms with Crippen LogP contribution in [0.3, 0.4) is 0 Å². The van der Waals surface area contributed by atoms with Crippen LogP contribution in [0.2, 0.25) is 0 Å². The minimum absolute atomic E-state index is 0.0659. The van der Waals surface area contributed by atoms with E-state index in [4.69, 9.17) is 4.42 Å². The van der Waals surface area contributed by atoms with Gasteiger partial charge in [0.1, 0.15) is 5.58 Å². The summed E-state index contributed by atoms with van der Waals surface area (Å²) in [5, 5.41) is 2.13. The van der Waals surface area contributed by atoms with Crippen LogP contribution in [0, 0.1) is 0 Å². The summed E-state index contributed by atoms with van der Waals surface area (Å²) in [4.78, 5) is 6.99. The number of pyridine rings is 1. The van der Waals surface area contributed by atoms with Crippen molar-refractivity contribution >= 4 is 39.1 Å². The fourth-order valence-corrected chi connectivity index (χ4v) is 4.67. The molecule has 3 nitrogen and oxygen atoms in total. The van der Waals surface area contributed by atoms with Crippen molar-refractivity contribution < 1.29 is 4.42 Å². The Bertz CT molecular complexity index is 1350. The third-order valence-electron chi connectivity index (χ3n) is 6.12. The third kappa shape index (κ3) is 2.21. The Labute approximate surface area is 169 Å². The molecule has 1 aliphatic rings. The molecule has 0 aliphatic carbocycles. The number of nitrogens with zero attached hydrogens (tertiary/aromatic N) is 2. The van der Waals surface area contributed by atoms with Crippen LogP contribution in [0.25, 0.3) is 22.1 Å². The molecule has 0 spiro atoms. The van der Waals surface area contributed by atoms with Crippen molar-refractivity contribution in [3.05, 3.63) is 96.2 Å². The summed E-state index contributed by atoms with van der Waals surface area (Å²) in [6, 6.07) is 27.6. The lowest BCUT2D eigenvalue weighted by Crippen LogP contribution is -2.30. The standard InChI is InChI=1S/C26H20N2O/c1-26(2)20-10-4-6-12-22(20)28(23-13-7-5-11-21(23)26)17-15-19-18-9-3-8-14-24(18)29-25(19)27-16-17/h3-16H,1-2H3. The Morgan fingerprint density at radius 3 is 2.10 bits per heavy atom. The van der Waals surface area contributed by atoms with E-state index in [0.29, 0.717) is 5.71 Å². The second-order valence-corrected chi connectivity index (χ2v) is 8.14. The van der Waals surface area contributed by atoms with E-state index in [1.807, 2.05) is 24.4 Å². The normalized spacial score (nSPS) is 14.8. The maximum atomic E-state index is 5.94. The molecular weight excluding hydrogens is 356 g/mol. The molecule has 0 amide bonds. The number of fused-ring (bicyclic) bond motifs is 5. The van der Waals surface area contributed by atoms with Crippen LogP contribution in [0.5, 0.6) is 0 Å². The van der Waals surface area contributed by atoms with Crippen LogP contribution in [0.4, 0.5) is 17.1 Å². The van der Waals surface area contributed by atoms with Crippen LogP contribution in [-0.2, 0) is 5.41 Å². The van der Waals surface area contributed by atoms with Gasteiger partial charge in [0.25, 0.3) is 0 Å². The summed E-state index contributed by atoms with van der Waals surface area (Å²) in [5.41, 5.74) is 7.55. The highest BCUT2D eigenvalue weighted by Crippen LogP contribution is 2.51. The molecule has 0 atom stereocenters. The Balaban J connectivity index is 1.66. The van der Waals surface area contributed by atoms with Gasteiger partial charge in [-0.3, -0.25) is 0 Å². The van der Waals surface area contributed by atoms with Gasteiger partial charge in [-0.05, 0) is 35.4 Å². The smallest absolute Gasteiger partial charge is 0.227 e. The van der Waals surface area contributed by atoms with Gasteiger partial charge in [0.15, 0.2) is 0 Å². The van der Waals surface area contributed by atoms with Crippen molar-refractivity contribution in [1.82, 2.24) is 4.98 Å². The van der Waals surface area contributed by atoms with E-state index in [1.165, 1.54) is 22.5 Å². The molecule has 5 aromatic rings. The fourth-order valence-electron chi connectivity index (χ4n) is 4.67. The lowest BCUT2D eigenvalue weighted by Gasteiger charge is -2.41. The molecule has 6 rings (SSSR count). The van der Waals surface area contributed by atoms with E-state index in [1.54, 1.807) is 0 Å². The second-order valence-electron chi connectivity index (χ2n) is 8.14. The number of para-hydroxylation sites is 3. The molecular formula is C26H20N2O. The minimum Gasteiger partial charge on any atom is -0.438 e. The first kappa shape index (κ1) is 16.4. The van der Waals surface area contributed by atoms with Gasteiger partial charge < -0.3 is 9.32 Å². The quantitative estimate of drug-likeness (QED) is 0.313. The van der Waals surface area contributed by atoms with Gasteiger partial charge in [-0.1, -0.05) is 68.4 Å². The highest BCUT2D eigenvalue weighted by Gasteiger charge is 2.36. The summed E-state index contributed by atoms with van der Waals surface area (Å²) >= 11 is 0. The van der Waals surface area contributed by atoms with Crippen LogP contribution >= 0.6 is 0 Å². The molecule has 2 aromatic heterocycles. The van der Waals surface area contributed by atoms with Crippen molar-refractivity contribution in [2.24, 2.45) is 0 Å². The van der Waals surface area contributed by atoms with Gasteiger partial charge in [-0.2, -0.15) is 0 Å². The summed E-state index contributed by atoms with van der Waals surface area (Å²) in [5.74, 6) is 0. The molecule has 0 saturated carbocycles. The molecule has 0 radical (unpaired) electrons. The highest BCUT2D eigenvalue weighted by atomic mass is 16.3. The topological polar surface area (TPSA) is 29.3 Å². The maximum absolute atomic E-state index is 5.94. The molecule has 0 N–H and O–H groups in total. The van der Waals surface area contributed by atoms with Gasteiger partial charge in [-0.25, -0.2) is 4.98 Å². The van der Waals surface area contributed by atoms with E-state index in [0.717, 1.165) is 22.0 Å². The number of rotatable bonds is 1. The molecule has 0 unspecified atom stereocenters. The van der Waals surface area contributed by atoms with Crippen LogP contribution < -0.4 is 4.90 Å². The molecule has 140 valence electrons. The molecule has 3 heteroatoms. The van der Waals surface area contributed by atoms with Gasteiger partial charge in [0, 0.05) is 10.8 Å². The molecule has 0 bridgehead atoms. The first-order valence-electron chi connectivity index (χ1n) is 9.91. The average Bonchev–Trinajstić information content (AvgIpc) is 3.12. The zero-order valence-electron chi connectivity index (χ0n) is 16.4. The number of anilines is 3. The summed E-state index contributed by atoms with van der Waals surface area (Å²) in [7, 11) is 0. The minimum atomic E-state index is -0.0659. The van der Waals surface area contributed by atoms with Crippen molar-refractivity contribution in [2.75, 3.05) is 4.90 Å². The maximum Gasteiger partial charge on any atom is 0.227 e. The fraction of sp³-hybridized carbons (Fsp3) is 0.115. The van der Waals surface area contributed by atoms with E-state index < -0.39 is 0 Å². The summed E-state index contributed by atoms with van der Waals surface area (Å²) in [6.45, 7) is 4.60. The van der Waals surface area contributed by atoms with Gasteiger partial charge in [0.05, 0.1) is 28.6 Å². The molecule has 1 aliphatic heterocycles. The Morgan fingerprint density at radius 2 is 1.38 bits per heavy atom. The molecule has 29 heavy (non-hydrogen) atoms. The predicted molar refractivity (Wildman–Crippen MR) is 118 cm³/mol. The van der Waals surface area contributed by atoms with Crippen LogP contribution in [-0.4, -0.2) is 4.98 Å². The Morgan fingerprint density at radius 1 is 0.759 bits per heavy atom. The van der Waals surface area contributed by atoms with Gasteiger partial charge >= 0.3 is 0 Å². The zero-order valence-corrected chi connectivity index (χ0v) is 16.4. The van der Waals surface area contributed by atoms with Crippen molar-refractivity contribution in [2.45, 2.75) is 19.3 Å². The monoisotopic (exact) mass is 376 g/mol. The number of hydrogen-bond donors (Lipinski definition) is 0. The predicted octanol–water partition coefficient (Wildman–Crippen LogP) is 7.09. The van der Waals surface area contributed by atoms with E-state index in [9.17, 15) is 0 Å². The lowest BCUT2D eigenvalue weighted by atomic mass is 9.73. The Hall–Kier alpha value is -3.59. The number of benzene rings is 3. The summed E-state index contributed by atoms with van der Waals surface area (Å²) in [6.07, 6.45) is 1.91. The zero-order chi connectivity index (χ0) is 19.6. The van der Waals surface area contributed by atoms with Gasteiger partial charge in [0.2, 0.25) is 5.71 Å². The average molecular weight is 376 g/mol. The van der Waals surface area contributed by atoms with Crippen molar-refractivity contribution in [3.63, 3.8) is 0 Å². The van der Waals surface area contributed by atoms with E-state index in [2.05, 4.69) is 84.4 Å². The van der Waals surface area contributed by atoms with Crippen molar-refractivity contribution in [3.8, 4) is 0 Å². The lowest BCUT2D eigenvalue weighted by molar-refractivity contribution is 0.631. The number of hydrogen-bond acceptors (Lipinski definition) is 3. The van der Waals surface area contributed by atoms with E-state index in [-0.39, 0.29) is 5.41 Å². The first-order valence-corrected chi connectivity index (χ1v) is 9.91. The first-order chi connectivity index (χ1) is 14.1. The SMILES string of the molecule is CC1(C)c2ccccc2N(c2cnc3oc4ccccc4c3c2)c2ccccc21.